The molecular formula is C15H18N4O3S. The number of carbonyl (C=O) groups excluding carboxylic acids is 1. The first-order valence-corrected chi connectivity index (χ1v) is 8.96. The van der Waals surface area contributed by atoms with Crippen LogP contribution in [0.4, 0.5) is 5.69 Å². The topological polar surface area (TPSA) is 104 Å². The van der Waals surface area contributed by atoms with Crippen LogP contribution in [0.5, 0.6) is 0 Å². The van der Waals surface area contributed by atoms with Gasteiger partial charge in [0.1, 0.15) is 4.90 Å². The second-order valence-electron chi connectivity index (χ2n) is 5.54. The van der Waals surface area contributed by atoms with Crippen molar-refractivity contribution in [2.45, 2.75) is 36.6 Å². The predicted octanol–water partition coefficient (Wildman–Crippen LogP) is 1.88. The van der Waals surface area contributed by atoms with Crippen LogP contribution in [0, 0.1) is 0 Å². The standard InChI is InChI=1S/C15H18N4O3S/c20-15(18-11-5-1-2-6-11)13-7-3-4-8-14(13)19-23(21,22)12-9-16-17-10-12/h3-4,7-11,19H,1-2,5-6H2,(H,16,17)(H,18,20). The molecule has 7 nitrogen and oxygen atoms in total. The lowest BCUT2D eigenvalue weighted by Gasteiger charge is -2.15. The molecule has 0 unspecified atom stereocenters. The van der Waals surface area contributed by atoms with E-state index >= 15 is 0 Å². The van der Waals surface area contributed by atoms with Crippen molar-refractivity contribution >= 4 is 21.6 Å². The van der Waals surface area contributed by atoms with Gasteiger partial charge >= 0.3 is 0 Å². The van der Waals surface area contributed by atoms with E-state index in [1.165, 1.54) is 12.4 Å². The van der Waals surface area contributed by atoms with E-state index in [0.717, 1.165) is 25.7 Å². The average Bonchev–Trinajstić information content (AvgIpc) is 3.21. The number of aromatic nitrogens is 2. The van der Waals surface area contributed by atoms with Crippen LogP contribution in [0.15, 0.2) is 41.6 Å². The van der Waals surface area contributed by atoms with Crippen molar-refractivity contribution in [3.8, 4) is 0 Å². The Balaban J connectivity index is 1.81. The Kier molecular flexibility index (Phi) is 4.33. The largest absolute Gasteiger partial charge is 0.349 e. The van der Waals surface area contributed by atoms with E-state index in [1.807, 2.05) is 0 Å². The molecule has 1 fully saturated rings. The third kappa shape index (κ3) is 3.53. The Morgan fingerprint density at radius 2 is 1.96 bits per heavy atom. The Morgan fingerprint density at radius 1 is 1.22 bits per heavy atom. The number of nitrogens with one attached hydrogen (secondary N) is 3. The van der Waals surface area contributed by atoms with Crippen LogP contribution in [0.2, 0.25) is 0 Å². The minimum Gasteiger partial charge on any atom is -0.349 e. The van der Waals surface area contributed by atoms with Gasteiger partial charge in [0.05, 0.1) is 17.4 Å². The fraction of sp³-hybridized carbons (Fsp3) is 0.333. The van der Waals surface area contributed by atoms with Gasteiger partial charge in [-0.25, -0.2) is 8.42 Å². The van der Waals surface area contributed by atoms with Crippen molar-refractivity contribution in [1.82, 2.24) is 15.5 Å². The summed E-state index contributed by atoms with van der Waals surface area (Å²) in [6.45, 7) is 0. The van der Waals surface area contributed by atoms with E-state index in [4.69, 9.17) is 0 Å². The number of nitrogens with zero attached hydrogens (tertiary/aromatic N) is 1. The summed E-state index contributed by atoms with van der Waals surface area (Å²) in [5, 5.41) is 9.06. The van der Waals surface area contributed by atoms with Gasteiger partial charge in [0, 0.05) is 12.2 Å². The maximum Gasteiger partial charge on any atom is 0.265 e. The normalized spacial score (nSPS) is 15.5. The molecule has 1 amide bonds. The van der Waals surface area contributed by atoms with Crippen LogP contribution in [0.1, 0.15) is 36.0 Å². The molecule has 0 atom stereocenters. The number of hydrogen-bond acceptors (Lipinski definition) is 4. The number of benzene rings is 1. The molecule has 122 valence electrons. The van der Waals surface area contributed by atoms with Gasteiger partial charge in [-0.3, -0.25) is 14.6 Å². The van der Waals surface area contributed by atoms with Gasteiger partial charge in [0.25, 0.3) is 15.9 Å². The molecule has 0 radical (unpaired) electrons. The molecule has 8 heteroatoms. The minimum atomic E-state index is -3.78. The first-order valence-electron chi connectivity index (χ1n) is 7.48. The Morgan fingerprint density at radius 3 is 2.65 bits per heavy atom. The van der Waals surface area contributed by atoms with E-state index < -0.39 is 10.0 Å². The van der Waals surface area contributed by atoms with E-state index in [0.29, 0.717) is 5.56 Å². The molecule has 3 N–H and O–H groups in total. The zero-order valence-electron chi connectivity index (χ0n) is 12.5. The van der Waals surface area contributed by atoms with Crippen LogP contribution >= 0.6 is 0 Å². The lowest BCUT2D eigenvalue weighted by molar-refractivity contribution is 0.0939. The van der Waals surface area contributed by atoms with Crippen LogP contribution < -0.4 is 10.0 Å². The first kappa shape index (κ1) is 15.5. The molecule has 0 saturated heterocycles. The fourth-order valence-corrected chi connectivity index (χ4v) is 3.68. The quantitative estimate of drug-likeness (QED) is 0.776. The summed E-state index contributed by atoms with van der Waals surface area (Å²) in [5.74, 6) is -0.262. The summed E-state index contributed by atoms with van der Waals surface area (Å²) >= 11 is 0. The van der Waals surface area contributed by atoms with Crippen molar-refractivity contribution in [1.29, 1.82) is 0 Å². The highest BCUT2D eigenvalue weighted by Crippen LogP contribution is 2.22. The molecule has 1 aliphatic rings. The van der Waals surface area contributed by atoms with Gasteiger partial charge in [-0.05, 0) is 25.0 Å². The molecule has 1 aromatic carbocycles. The van der Waals surface area contributed by atoms with E-state index in [1.54, 1.807) is 24.3 Å². The minimum absolute atomic E-state index is 0.0171. The number of anilines is 1. The maximum atomic E-state index is 12.4. The smallest absolute Gasteiger partial charge is 0.265 e. The highest BCUT2D eigenvalue weighted by atomic mass is 32.2. The molecule has 0 aliphatic heterocycles. The number of aromatic amines is 1. The molecule has 1 saturated carbocycles. The summed E-state index contributed by atoms with van der Waals surface area (Å²) in [6, 6.07) is 6.73. The highest BCUT2D eigenvalue weighted by Gasteiger charge is 2.22. The van der Waals surface area contributed by atoms with Crippen molar-refractivity contribution in [3.63, 3.8) is 0 Å². The molecule has 2 aromatic rings. The monoisotopic (exact) mass is 334 g/mol. The number of amides is 1. The van der Waals surface area contributed by atoms with Crippen LogP contribution in [0.25, 0.3) is 0 Å². The SMILES string of the molecule is O=C(NC1CCCC1)c1ccccc1NS(=O)(=O)c1cn[nH]c1. The summed E-state index contributed by atoms with van der Waals surface area (Å²) in [6.07, 6.45) is 6.65. The number of para-hydroxylation sites is 1. The van der Waals surface area contributed by atoms with E-state index in [9.17, 15) is 13.2 Å². The summed E-state index contributed by atoms with van der Waals surface area (Å²) in [7, 11) is -3.78. The van der Waals surface area contributed by atoms with Gasteiger partial charge in [-0.1, -0.05) is 25.0 Å². The maximum absolute atomic E-state index is 12.4. The van der Waals surface area contributed by atoms with Gasteiger partial charge in [-0.2, -0.15) is 5.10 Å². The number of hydrogen-bond donors (Lipinski definition) is 3. The van der Waals surface area contributed by atoms with Gasteiger partial charge < -0.3 is 5.32 Å². The fourth-order valence-electron chi connectivity index (χ4n) is 2.69. The van der Waals surface area contributed by atoms with E-state index in [-0.39, 0.29) is 22.5 Å². The lowest BCUT2D eigenvalue weighted by Crippen LogP contribution is -2.33. The number of sulfonamides is 1. The summed E-state index contributed by atoms with van der Waals surface area (Å²) < 4.78 is 27.0. The molecule has 1 aromatic heterocycles. The third-order valence-corrected chi connectivity index (χ3v) is 5.22. The first-order chi connectivity index (χ1) is 11.1. The Bertz CT molecular complexity index is 781. The zero-order chi connectivity index (χ0) is 16.3. The van der Waals surface area contributed by atoms with Gasteiger partial charge in [-0.15, -0.1) is 0 Å². The second kappa shape index (κ2) is 6.41. The second-order valence-corrected chi connectivity index (χ2v) is 7.22. The Labute approximate surface area is 134 Å². The number of H-pyrrole nitrogens is 1. The molecule has 23 heavy (non-hydrogen) atoms. The van der Waals surface area contributed by atoms with Crippen LogP contribution in [-0.2, 0) is 10.0 Å². The molecule has 3 rings (SSSR count). The van der Waals surface area contributed by atoms with E-state index in [2.05, 4.69) is 20.2 Å². The lowest BCUT2D eigenvalue weighted by atomic mass is 10.1. The molecular weight excluding hydrogens is 316 g/mol. The van der Waals surface area contributed by atoms with Gasteiger partial charge in [0.2, 0.25) is 0 Å². The van der Waals surface area contributed by atoms with Gasteiger partial charge in [0.15, 0.2) is 0 Å². The Hall–Kier alpha value is -2.35. The van der Waals surface area contributed by atoms with Crippen molar-refractivity contribution in [2.75, 3.05) is 4.72 Å². The average molecular weight is 334 g/mol. The molecule has 1 aliphatic carbocycles. The molecule has 0 bridgehead atoms. The molecule has 1 heterocycles. The molecule has 0 spiro atoms. The predicted molar refractivity (Wildman–Crippen MR) is 85.6 cm³/mol. The van der Waals surface area contributed by atoms with Crippen molar-refractivity contribution in [3.05, 3.63) is 42.2 Å². The van der Waals surface area contributed by atoms with Crippen molar-refractivity contribution in [2.24, 2.45) is 0 Å². The van der Waals surface area contributed by atoms with Crippen LogP contribution in [0.3, 0.4) is 0 Å². The van der Waals surface area contributed by atoms with Crippen LogP contribution in [-0.4, -0.2) is 30.6 Å². The van der Waals surface area contributed by atoms with Crippen molar-refractivity contribution < 1.29 is 13.2 Å². The summed E-state index contributed by atoms with van der Waals surface area (Å²) in [4.78, 5) is 12.4. The highest BCUT2D eigenvalue weighted by molar-refractivity contribution is 7.92. The number of carbonyl (C=O) groups is 1. The summed E-state index contributed by atoms with van der Waals surface area (Å²) in [5.41, 5.74) is 0.565. The zero-order valence-corrected chi connectivity index (χ0v) is 13.3. The third-order valence-electron chi connectivity index (χ3n) is 3.89. The number of rotatable bonds is 5.